The van der Waals surface area contributed by atoms with E-state index in [1.165, 1.54) is 6.92 Å². The van der Waals surface area contributed by atoms with E-state index in [-0.39, 0.29) is 19.0 Å². The predicted molar refractivity (Wildman–Crippen MR) is 78.8 cm³/mol. The molecule has 1 heterocycles. The van der Waals surface area contributed by atoms with Crippen molar-refractivity contribution in [2.24, 2.45) is 5.41 Å². The number of esters is 1. The molecule has 0 saturated carbocycles. The summed E-state index contributed by atoms with van der Waals surface area (Å²) in [4.78, 5) is 24.8. The highest BCUT2D eigenvalue weighted by Crippen LogP contribution is 2.49. The van der Waals surface area contributed by atoms with E-state index in [4.69, 9.17) is 9.47 Å². The third-order valence-electron chi connectivity index (χ3n) is 3.91. The van der Waals surface area contributed by atoms with Crippen molar-refractivity contribution in [2.45, 2.75) is 26.9 Å². The van der Waals surface area contributed by atoms with Crippen molar-refractivity contribution >= 4 is 11.8 Å². The number of carbonyl (C=O) groups excluding carboxylic acids is 2. The summed E-state index contributed by atoms with van der Waals surface area (Å²) in [7, 11) is 0. The van der Waals surface area contributed by atoms with Gasteiger partial charge in [-0.3, -0.25) is 9.59 Å². The zero-order valence-electron chi connectivity index (χ0n) is 12.6. The molecule has 0 unspecified atom stereocenters. The fraction of sp³-hybridized carbons (Fsp3) is 0.412. The molecule has 0 bridgehead atoms. The van der Waals surface area contributed by atoms with E-state index < -0.39 is 17.5 Å². The van der Waals surface area contributed by atoms with Gasteiger partial charge < -0.3 is 9.47 Å². The predicted octanol–water partition coefficient (Wildman–Crippen LogP) is 2.76. The van der Waals surface area contributed by atoms with E-state index in [0.29, 0.717) is 5.57 Å². The Balaban J connectivity index is 2.53. The van der Waals surface area contributed by atoms with Gasteiger partial charge >= 0.3 is 5.97 Å². The number of ether oxygens (including phenoxy) is 2. The molecular weight excluding hydrogens is 268 g/mol. The molecule has 2 atom stereocenters. The molecule has 4 nitrogen and oxygen atoms in total. The van der Waals surface area contributed by atoms with Crippen LogP contribution in [-0.2, 0) is 19.1 Å². The van der Waals surface area contributed by atoms with Gasteiger partial charge in [0.2, 0.25) is 0 Å². The van der Waals surface area contributed by atoms with Crippen LogP contribution in [0.15, 0.2) is 36.4 Å². The van der Waals surface area contributed by atoms with Crippen LogP contribution in [0.1, 0.15) is 31.1 Å². The van der Waals surface area contributed by atoms with Crippen LogP contribution in [-0.4, -0.2) is 25.0 Å². The highest BCUT2D eigenvalue weighted by atomic mass is 16.5. The zero-order valence-corrected chi connectivity index (χ0v) is 12.6. The summed E-state index contributed by atoms with van der Waals surface area (Å²) >= 11 is 0. The molecule has 0 amide bonds. The molecule has 2 rings (SSSR count). The first-order chi connectivity index (χ1) is 9.94. The van der Waals surface area contributed by atoms with E-state index in [1.807, 2.05) is 31.2 Å². The minimum atomic E-state index is -1.44. The third-order valence-corrected chi connectivity index (χ3v) is 3.91. The van der Waals surface area contributed by atoms with E-state index >= 15 is 0 Å². The molecule has 1 aromatic carbocycles. The van der Waals surface area contributed by atoms with Gasteiger partial charge in [-0.05, 0) is 31.9 Å². The topological polar surface area (TPSA) is 52.6 Å². The summed E-state index contributed by atoms with van der Waals surface area (Å²) in [6, 6.07) is 7.59. The third kappa shape index (κ3) is 2.40. The lowest BCUT2D eigenvalue weighted by molar-refractivity contribution is -0.161. The van der Waals surface area contributed by atoms with Crippen molar-refractivity contribution in [3.05, 3.63) is 47.5 Å². The van der Waals surface area contributed by atoms with Gasteiger partial charge in [0, 0.05) is 0 Å². The zero-order chi connectivity index (χ0) is 15.6. The minimum Gasteiger partial charge on any atom is -0.465 e. The SMILES string of the molecule is C=C1CO[C@@H](c2ccc(C)cc2)[C@]1(C(C)=O)C(=O)OCC. The minimum absolute atomic E-state index is 0.178. The number of carbonyl (C=O) groups is 2. The lowest BCUT2D eigenvalue weighted by Gasteiger charge is -2.30. The summed E-state index contributed by atoms with van der Waals surface area (Å²) < 4.78 is 10.9. The molecule has 1 aromatic rings. The molecule has 1 saturated heterocycles. The Morgan fingerprint density at radius 1 is 1.38 bits per heavy atom. The van der Waals surface area contributed by atoms with Crippen molar-refractivity contribution in [2.75, 3.05) is 13.2 Å². The van der Waals surface area contributed by atoms with Gasteiger partial charge in [0.1, 0.15) is 6.10 Å². The van der Waals surface area contributed by atoms with Crippen LogP contribution in [0.3, 0.4) is 0 Å². The Morgan fingerprint density at radius 3 is 2.52 bits per heavy atom. The van der Waals surface area contributed by atoms with Crippen LogP contribution < -0.4 is 0 Å². The first-order valence-corrected chi connectivity index (χ1v) is 6.99. The Kier molecular flexibility index (Phi) is 4.28. The molecular formula is C17H20O4. The number of ketones is 1. The first-order valence-electron chi connectivity index (χ1n) is 6.99. The highest BCUT2D eigenvalue weighted by molar-refractivity contribution is 6.07. The van der Waals surface area contributed by atoms with E-state index in [2.05, 4.69) is 6.58 Å². The molecule has 1 aliphatic rings. The maximum absolute atomic E-state index is 12.5. The van der Waals surface area contributed by atoms with Crippen molar-refractivity contribution in [1.82, 2.24) is 0 Å². The van der Waals surface area contributed by atoms with Crippen LogP contribution in [0.5, 0.6) is 0 Å². The summed E-state index contributed by atoms with van der Waals surface area (Å²) in [6.45, 7) is 9.34. The van der Waals surface area contributed by atoms with E-state index in [9.17, 15) is 9.59 Å². The Labute approximate surface area is 124 Å². The van der Waals surface area contributed by atoms with Crippen LogP contribution >= 0.6 is 0 Å². The standard InChI is InChI=1S/C17H20O4/c1-5-20-16(19)17(13(4)18)12(3)10-21-15(17)14-8-6-11(2)7-9-14/h6-9,15H,3,5,10H2,1-2,4H3/t15-,17-/m0/s1. The average Bonchev–Trinajstić information content (AvgIpc) is 2.78. The number of benzene rings is 1. The molecule has 21 heavy (non-hydrogen) atoms. The maximum atomic E-state index is 12.5. The van der Waals surface area contributed by atoms with Crippen LogP contribution in [0, 0.1) is 12.3 Å². The number of aryl methyl sites for hydroxylation is 1. The highest BCUT2D eigenvalue weighted by Gasteiger charge is 2.58. The molecule has 0 aliphatic carbocycles. The van der Waals surface area contributed by atoms with E-state index in [1.54, 1.807) is 6.92 Å². The maximum Gasteiger partial charge on any atom is 0.326 e. The number of hydrogen-bond acceptors (Lipinski definition) is 4. The number of Topliss-reactive ketones (excluding diaryl/α,β-unsaturated/α-hetero) is 1. The summed E-state index contributed by atoms with van der Waals surface area (Å²) in [6.07, 6.45) is -0.679. The summed E-state index contributed by atoms with van der Waals surface area (Å²) in [5.74, 6) is -0.875. The summed E-state index contributed by atoms with van der Waals surface area (Å²) in [5.41, 5.74) is 0.896. The lowest BCUT2D eigenvalue weighted by atomic mass is 9.72. The molecule has 1 aliphatic heterocycles. The Morgan fingerprint density at radius 2 is 2.00 bits per heavy atom. The van der Waals surface area contributed by atoms with Crippen molar-refractivity contribution in [1.29, 1.82) is 0 Å². The van der Waals surface area contributed by atoms with Crippen LogP contribution in [0.25, 0.3) is 0 Å². The van der Waals surface area contributed by atoms with Gasteiger partial charge in [-0.2, -0.15) is 0 Å². The normalized spacial score (nSPS) is 24.9. The molecule has 1 fully saturated rings. The van der Waals surface area contributed by atoms with Gasteiger partial charge in [0.05, 0.1) is 13.2 Å². The monoisotopic (exact) mass is 288 g/mol. The second-order valence-corrected chi connectivity index (χ2v) is 5.29. The fourth-order valence-electron chi connectivity index (χ4n) is 2.77. The van der Waals surface area contributed by atoms with Crippen molar-refractivity contribution in [3.63, 3.8) is 0 Å². The lowest BCUT2D eigenvalue weighted by Crippen LogP contribution is -2.43. The largest absolute Gasteiger partial charge is 0.465 e. The fourth-order valence-corrected chi connectivity index (χ4v) is 2.77. The first kappa shape index (κ1) is 15.4. The number of hydrogen-bond donors (Lipinski definition) is 0. The van der Waals surface area contributed by atoms with Gasteiger partial charge in [-0.25, -0.2) is 0 Å². The number of rotatable bonds is 4. The smallest absolute Gasteiger partial charge is 0.326 e. The molecule has 0 N–H and O–H groups in total. The molecule has 0 aromatic heterocycles. The average molecular weight is 288 g/mol. The summed E-state index contributed by atoms with van der Waals surface area (Å²) in [5, 5.41) is 0. The van der Waals surface area contributed by atoms with Crippen LogP contribution in [0.4, 0.5) is 0 Å². The van der Waals surface area contributed by atoms with Crippen molar-refractivity contribution < 1.29 is 19.1 Å². The quantitative estimate of drug-likeness (QED) is 0.485. The van der Waals surface area contributed by atoms with Crippen molar-refractivity contribution in [3.8, 4) is 0 Å². The molecule has 0 radical (unpaired) electrons. The second kappa shape index (κ2) is 5.82. The van der Waals surface area contributed by atoms with E-state index in [0.717, 1.165) is 11.1 Å². The van der Waals surface area contributed by atoms with Gasteiger partial charge in [0.15, 0.2) is 11.2 Å². The molecule has 4 heteroatoms. The second-order valence-electron chi connectivity index (χ2n) is 5.29. The van der Waals surface area contributed by atoms with Gasteiger partial charge in [-0.15, -0.1) is 0 Å². The Hall–Kier alpha value is -1.94. The van der Waals surface area contributed by atoms with Gasteiger partial charge in [0.25, 0.3) is 0 Å². The van der Waals surface area contributed by atoms with Gasteiger partial charge in [-0.1, -0.05) is 36.4 Å². The Bertz CT molecular complexity index is 573. The molecule has 112 valence electrons. The van der Waals surface area contributed by atoms with Crippen LogP contribution in [0.2, 0.25) is 0 Å². The molecule has 0 spiro atoms.